The van der Waals surface area contributed by atoms with Crippen molar-refractivity contribution >= 4 is 11.8 Å². The quantitative estimate of drug-likeness (QED) is 0.743. The highest BCUT2D eigenvalue weighted by atomic mass is 32.2. The maximum Gasteiger partial charge on any atom is 0.127 e. The van der Waals surface area contributed by atoms with Crippen LogP contribution >= 0.6 is 11.8 Å². The topological polar surface area (TPSA) is 0 Å². The number of rotatable bonds is 2. The molecule has 0 saturated heterocycles. The monoisotopic (exact) mass is 236 g/mol. The lowest BCUT2D eigenvalue weighted by atomic mass is 10.2. The van der Waals surface area contributed by atoms with Crippen LogP contribution in [-0.4, -0.2) is 0 Å². The predicted octanol–water partition coefficient (Wildman–Crippen LogP) is 4.42. The molecule has 2 aromatic rings. The summed E-state index contributed by atoms with van der Waals surface area (Å²) in [7, 11) is 0. The summed E-state index contributed by atoms with van der Waals surface area (Å²) < 4.78 is 25.9. The zero-order valence-electron chi connectivity index (χ0n) is 8.71. The summed E-state index contributed by atoms with van der Waals surface area (Å²) in [6.07, 6.45) is 0. The third kappa shape index (κ3) is 2.61. The maximum atomic E-state index is 13.3. The molecule has 0 aliphatic rings. The first-order valence-corrected chi connectivity index (χ1v) is 5.66. The van der Waals surface area contributed by atoms with Gasteiger partial charge in [0.1, 0.15) is 11.6 Å². The van der Waals surface area contributed by atoms with E-state index in [1.807, 2.05) is 6.07 Å². The van der Waals surface area contributed by atoms with E-state index in [0.29, 0.717) is 5.56 Å². The Bertz CT molecular complexity index is 492. The SMILES string of the molecule is Cc1ccc(Sc2ccc(F)cc2)cc1F. The second-order valence-corrected chi connectivity index (χ2v) is 4.61. The predicted molar refractivity (Wildman–Crippen MR) is 61.7 cm³/mol. The fourth-order valence-electron chi connectivity index (χ4n) is 1.28. The molecule has 0 saturated carbocycles. The van der Waals surface area contributed by atoms with Gasteiger partial charge < -0.3 is 0 Å². The minimum atomic E-state index is -0.264. The maximum absolute atomic E-state index is 13.3. The zero-order valence-corrected chi connectivity index (χ0v) is 9.52. The third-order valence-corrected chi connectivity index (χ3v) is 3.19. The summed E-state index contributed by atoms with van der Waals surface area (Å²) in [5, 5.41) is 0. The molecule has 0 amide bonds. The molecule has 0 radical (unpaired) electrons. The van der Waals surface area contributed by atoms with Crippen LogP contribution in [0.2, 0.25) is 0 Å². The second kappa shape index (κ2) is 4.66. The van der Waals surface area contributed by atoms with Gasteiger partial charge in [-0.3, -0.25) is 0 Å². The number of benzene rings is 2. The Morgan fingerprint density at radius 1 is 0.875 bits per heavy atom. The average molecular weight is 236 g/mol. The van der Waals surface area contributed by atoms with Gasteiger partial charge in [-0.25, -0.2) is 8.78 Å². The Hall–Kier alpha value is -1.35. The van der Waals surface area contributed by atoms with E-state index in [9.17, 15) is 8.78 Å². The minimum Gasteiger partial charge on any atom is -0.207 e. The van der Waals surface area contributed by atoms with Crippen molar-refractivity contribution in [2.24, 2.45) is 0 Å². The number of hydrogen-bond acceptors (Lipinski definition) is 1. The zero-order chi connectivity index (χ0) is 11.5. The molecule has 0 bridgehead atoms. The summed E-state index contributed by atoms with van der Waals surface area (Å²) in [6.45, 7) is 1.72. The Morgan fingerprint density at radius 3 is 2.12 bits per heavy atom. The lowest BCUT2D eigenvalue weighted by Crippen LogP contribution is -1.82. The van der Waals surface area contributed by atoms with Crippen LogP contribution in [0.1, 0.15) is 5.56 Å². The minimum absolute atomic E-state index is 0.216. The van der Waals surface area contributed by atoms with Crippen molar-refractivity contribution in [3.8, 4) is 0 Å². The molecule has 0 atom stereocenters. The van der Waals surface area contributed by atoms with Gasteiger partial charge in [0.2, 0.25) is 0 Å². The lowest BCUT2D eigenvalue weighted by molar-refractivity contribution is 0.615. The van der Waals surface area contributed by atoms with Crippen molar-refractivity contribution in [3.05, 3.63) is 59.7 Å². The highest BCUT2D eigenvalue weighted by Crippen LogP contribution is 2.28. The Balaban J connectivity index is 2.20. The molecule has 82 valence electrons. The molecule has 0 heterocycles. The molecule has 0 fully saturated rings. The molecule has 2 rings (SSSR count). The smallest absolute Gasteiger partial charge is 0.127 e. The molecular formula is C13H10F2S. The third-order valence-electron chi connectivity index (χ3n) is 2.19. The normalized spacial score (nSPS) is 10.4. The Labute approximate surface area is 97.3 Å². The first-order chi connectivity index (χ1) is 7.65. The van der Waals surface area contributed by atoms with Gasteiger partial charge in [0.05, 0.1) is 0 Å². The molecule has 0 spiro atoms. The number of aryl methyl sites for hydroxylation is 1. The highest BCUT2D eigenvalue weighted by molar-refractivity contribution is 7.99. The molecule has 0 aromatic heterocycles. The standard InChI is InChI=1S/C13H10F2S/c1-9-2-5-12(8-13(9)15)16-11-6-3-10(14)4-7-11/h2-8H,1H3. The summed E-state index contributed by atoms with van der Waals surface area (Å²) in [5.41, 5.74) is 0.628. The fourth-order valence-corrected chi connectivity index (χ4v) is 2.12. The summed E-state index contributed by atoms with van der Waals surface area (Å²) in [5.74, 6) is -0.480. The van der Waals surface area contributed by atoms with Gasteiger partial charge in [-0.15, -0.1) is 0 Å². The van der Waals surface area contributed by atoms with Crippen molar-refractivity contribution in [2.75, 3.05) is 0 Å². The van der Waals surface area contributed by atoms with Crippen molar-refractivity contribution in [2.45, 2.75) is 16.7 Å². The van der Waals surface area contributed by atoms with Crippen LogP contribution in [-0.2, 0) is 0 Å². The van der Waals surface area contributed by atoms with E-state index >= 15 is 0 Å². The van der Waals surface area contributed by atoms with E-state index in [1.54, 1.807) is 25.1 Å². The summed E-state index contributed by atoms with van der Waals surface area (Å²) >= 11 is 1.41. The van der Waals surface area contributed by atoms with Gasteiger partial charge in [0.15, 0.2) is 0 Å². The summed E-state index contributed by atoms with van der Waals surface area (Å²) in [4.78, 5) is 1.71. The Kier molecular flexibility index (Phi) is 3.25. The molecule has 2 aromatic carbocycles. The van der Waals surface area contributed by atoms with Crippen molar-refractivity contribution in [1.29, 1.82) is 0 Å². The van der Waals surface area contributed by atoms with Crippen LogP contribution in [0.25, 0.3) is 0 Å². The van der Waals surface area contributed by atoms with E-state index in [2.05, 4.69) is 0 Å². The molecule has 3 heteroatoms. The van der Waals surface area contributed by atoms with Gasteiger partial charge in [-0.2, -0.15) is 0 Å². The molecule has 0 aliphatic heterocycles. The molecular weight excluding hydrogens is 226 g/mol. The van der Waals surface area contributed by atoms with E-state index in [-0.39, 0.29) is 11.6 Å². The van der Waals surface area contributed by atoms with E-state index in [4.69, 9.17) is 0 Å². The van der Waals surface area contributed by atoms with Crippen LogP contribution in [0.5, 0.6) is 0 Å². The molecule has 16 heavy (non-hydrogen) atoms. The Morgan fingerprint density at radius 2 is 1.50 bits per heavy atom. The highest BCUT2D eigenvalue weighted by Gasteiger charge is 2.01. The van der Waals surface area contributed by atoms with Gasteiger partial charge in [-0.1, -0.05) is 17.8 Å². The lowest BCUT2D eigenvalue weighted by Gasteiger charge is -2.03. The largest absolute Gasteiger partial charge is 0.207 e. The molecule has 0 N–H and O–H groups in total. The van der Waals surface area contributed by atoms with Crippen LogP contribution < -0.4 is 0 Å². The van der Waals surface area contributed by atoms with Crippen LogP contribution in [0.3, 0.4) is 0 Å². The number of halogens is 2. The van der Waals surface area contributed by atoms with Gasteiger partial charge in [0.25, 0.3) is 0 Å². The molecule has 0 aliphatic carbocycles. The van der Waals surface area contributed by atoms with Crippen molar-refractivity contribution in [1.82, 2.24) is 0 Å². The van der Waals surface area contributed by atoms with E-state index in [1.165, 1.54) is 30.0 Å². The summed E-state index contributed by atoms with van der Waals surface area (Å²) in [6, 6.07) is 11.2. The number of hydrogen-bond donors (Lipinski definition) is 0. The van der Waals surface area contributed by atoms with Gasteiger partial charge in [0, 0.05) is 9.79 Å². The first kappa shape index (κ1) is 11.1. The van der Waals surface area contributed by atoms with Crippen molar-refractivity contribution in [3.63, 3.8) is 0 Å². The van der Waals surface area contributed by atoms with E-state index in [0.717, 1.165) is 9.79 Å². The van der Waals surface area contributed by atoms with E-state index < -0.39 is 0 Å². The average Bonchev–Trinajstić information content (AvgIpc) is 2.27. The molecule has 0 nitrogen and oxygen atoms in total. The van der Waals surface area contributed by atoms with Gasteiger partial charge in [-0.05, 0) is 48.9 Å². The second-order valence-electron chi connectivity index (χ2n) is 3.47. The molecule has 0 unspecified atom stereocenters. The van der Waals surface area contributed by atoms with Crippen LogP contribution in [0, 0.1) is 18.6 Å². The first-order valence-electron chi connectivity index (χ1n) is 4.85. The van der Waals surface area contributed by atoms with Gasteiger partial charge >= 0.3 is 0 Å². The fraction of sp³-hybridized carbons (Fsp3) is 0.0769. The van der Waals surface area contributed by atoms with Crippen LogP contribution in [0.15, 0.2) is 52.3 Å². The van der Waals surface area contributed by atoms with Crippen LogP contribution in [0.4, 0.5) is 8.78 Å². The van der Waals surface area contributed by atoms with Crippen molar-refractivity contribution < 1.29 is 8.78 Å².